The largest absolute Gasteiger partial charge is 0.353 e. The zero-order valence-electron chi connectivity index (χ0n) is 13.9. The molecule has 1 aliphatic carbocycles. The van der Waals surface area contributed by atoms with Crippen molar-refractivity contribution in [2.45, 2.75) is 44.7 Å². The molecule has 0 aliphatic heterocycles. The van der Waals surface area contributed by atoms with Crippen LogP contribution in [-0.2, 0) is 11.3 Å². The molecule has 1 fully saturated rings. The first-order chi connectivity index (χ1) is 12.1. The average Bonchev–Trinajstić information content (AvgIpc) is 3.26. The number of benzene rings is 1. The molecular formula is C19H20FN3O2. The van der Waals surface area contributed by atoms with Gasteiger partial charge in [0.15, 0.2) is 0 Å². The van der Waals surface area contributed by atoms with E-state index in [0.29, 0.717) is 11.0 Å². The highest BCUT2D eigenvalue weighted by atomic mass is 19.1. The molecule has 0 unspecified atom stereocenters. The summed E-state index contributed by atoms with van der Waals surface area (Å²) >= 11 is 0. The van der Waals surface area contributed by atoms with Gasteiger partial charge < -0.3 is 14.3 Å². The molecule has 6 heteroatoms. The number of amides is 1. The Morgan fingerprint density at radius 3 is 2.76 bits per heavy atom. The fraction of sp³-hybridized carbons (Fsp3) is 0.368. The Hall–Kier alpha value is -2.63. The molecule has 0 radical (unpaired) electrons. The molecule has 1 aromatic carbocycles. The van der Waals surface area contributed by atoms with Crippen LogP contribution in [0.25, 0.3) is 16.6 Å². The molecule has 0 atom stereocenters. The van der Waals surface area contributed by atoms with E-state index in [1.54, 1.807) is 28.8 Å². The fourth-order valence-electron chi connectivity index (χ4n) is 3.73. The monoisotopic (exact) mass is 341 g/mol. The van der Waals surface area contributed by atoms with Crippen molar-refractivity contribution in [2.75, 3.05) is 0 Å². The van der Waals surface area contributed by atoms with Crippen LogP contribution in [0.15, 0.2) is 41.3 Å². The summed E-state index contributed by atoms with van der Waals surface area (Å²) in [4.78, 5) is 25.0. The minimum Gasteiger partial charge on any atom is -0.353 e. The Balaban J connectivity index is 1.67. The van der Waals surface area contributed by atoms with Crippen molar-refractivity contribution in [3.63, 3.8) is 0 Å². The van der Waals surface area contributed by atoms with Gasteiger partial charge in [-0.2, -0.15) is 0 Å². The summed E-state index contributed by atoms with van der Waals surface area (Å²) in [5, 5.41) is 3.03. The summed E-state index contributed by atoms with van der Waals surface area (Å²) in [6, 6.07) is 8.17. The molecule has 1 N–H and O–H groups in total. The van der Waals surface area contributed by atoms with Gasteiger partial charge in [0, 0.05) is 25.2 Å². The van der Waals surface area contributed by atoms with Crippen molar-refractivity contribution in [1.82, 2.24) is 14.3 Å². The average molecular weight is 341 g/mol. The van der Waals surface area contributed by atoms with Gasteiger partial charge >= 0.3 is 0 Å². The van der Waals surface area contributed by atoms with Gasteiger partial charge in [0.05, 0.1) is 11.0 Å². The first-order valence-electron chi connectivity index (χ1n) is 8.72. The summed E-state index contributed by atoms with van der Waals surface area (Å²) < 4.78 is 17.0. The third-order valence-corrected chi connectivity index (χ3v) is 4.98. The molecule has 5 nitrogen and oxygen atoms in total. The van der Waals surface area contributed by atoms with Crippen molar-refractivity contribution in [3.8, 4) is 0 Å². The van der Waals surface area contributed by atoms with Crippen molar-refractivity contribution in [2.24, 2.45) is 0 Å². The van der Waals surface area contributed by atoms with Crippen LogP contribution in [-0.4, -0.2) is 20.9 Å². The van der Waals surface area contributed by atoms with E-state index in [1.807, 2.05) is 0 Å². The van der Waals surface area contributed by atoms with Crippen LogP contribution < -0.4 is 10.9 Å². The second kappa shape index (κ2) is 6.35. The Bertz CT molecular complexity index is 999. The standard InChI is InChI=1S/C19H20FN3O2/c20-13-7-8-15-17(12-13)23(19(25)16-6-3-10-22(15)16)11-9-18(24)21-14-4-1-2-5-14/h3,6-8,10,12,14H,1-2,4-5,9,11H2,(H,21,24). The van der Waals surface area contributed by atoms with Gasteiger partial charge in [0.25, 0.3) is 5.56 Å². The third kappa shape index (κ3) is 2.92. The van der Waals surface area contributed by atoms with Crippen molar-refractivity contribution < 1.29 is 9.18 Å². The van der Waals surface area contributed by atoms with Gasteiger partial charge in [0.1, 0.15) is 11.3 Å². The van der Waals surface area contributed by atoms with Crippen molar-refractivity contribution in [3.05, 3.63) is 52.7 Å². The van der Waals surface area contributed by atoms with E-state index in [4.69, 9.17) is 0 Å². The van der Waals surface area contributed by atoms with E-state index in [0.717, 1.165) is 31.2 Å². The highest BCUT2D eigenvalue weighted by Crippen LogP contribution is 2.19. The van der Waals surface area contributed by atoms with E-state index >= 15 is 0 Å². The minimum absolute atomic E-state index is 0.0568. The van der Waals surface area contributed by atoms with Gasteiger partial charge in [-0.05, 0) is 43.2 Å². The van der Waals surface area contributed by atoms with Crippen LogP contribution in [0, 0.1) is 5.82 Å². The lowest BCUT2D eigenvalue weighted by Gasteiger charge is -2.14. The Labute approximate surface area is 144 Å². The van der Waals surface area contributed by atoms with E-state index < -0.39 is 5.82 Å². The first kappa shape index (κ1) is 15.9. The van der Waals surface area contributed by atoms with Crippen LogP contribution >= 0.6 is 0 Å². The maximum Gasteiger partial charge on any atom is 0.275 e. The minimum atomic E-state index is -0.400. The second-order valence-corrected chi connectivity index (χ2v) is 6.65. The van der Waals surface area contributed by atoms with Crippen LogP contribution in [0.5, 0.6) is 0 Å². The predicted octanol–water partition coefficient (Wildman–Crippen LogP) is 2.84. The summed E-state index contributed by atoms with van der Waals surface area (Å²) in [5.41, 5.74) is 1.56. The summed E-state index contributed by atoms with van der Waals surface area (Å²) in [6.45, 7) is 0.235. The number of hydrogen-bond donors (Lipinski definition) is 1. The van der Waals surface area contributed by atoms with Crippen LogP contribution in [0.4, 0.5) is 4.39 Å². The van der Waals surface area contributed by atoms with Crippen molar-refractivity contribution >= 4 is 22.5 Å². The molecule has 2 heterocycles. The molecule has 130 valence electrons. The molecule has 25 heavy (non-hydrogen) atoms. The van der Waals surface area contributed by atoms with Crippen LogP contribution in [0.3, 0.4) is 0 Å². The van der Waals surface area contributed by atoms with Gasteiger partial charge in [-0.1, -0.05) is 12.8 Å². The first-order valence-corrected chi connectivity index (χ1v) is 8.72. The third-order valence-electron chi connectivity index (χ3n) is 4.98. The molecule has 1 saturated carbocycles. The number of fused-ring (bicyclic) bond motifs is 3. The number of rotatable bonds is 4. The number of halogens is 1. The zero-order chi connectivity index (χ0) is 17.4. The molecule has 0 spiro atoms. The number of aromatic nitrogens is 2. The number of nitrogens with zero attached hydrogens (tertiary/aromatic N) is 2. The number of nitrogens with one attached hydrogen (secondary N) is 1. The SMILES string of the molecule is O=C(CCn1c(=O)c2cccn2c2ccc(F)cc21)NC1CCCC1. The second-order valence-electron chi connectivity index (χ2n) is 6.65. The topological polar surface area (TPSA) is 55.5 Å². The molecule has 2 aromatic heterocycles. The van der Waals surface area contributed by atoms with E-state index in [-0.39, 0.29) is 30.5 Å². The molecule has 3 aromatic rings. The highest BCUT2D eigenvalue weighted by molar-refractivity contribution is 5.80. The summed E-state index contributed by atoms with van der Waals surface area (Å²) in [5.74, 6) is -0.457. The van der Waals surface area contributed by atoms with Crippen molar-refractivity contribution in [1.29, 1.82) is 0 Å². The Kier molecular flexibility index (Phi) is 4.03. The van der Waals surface area contributed by atoms with Crippen LogP contribution in [0.2, 0.25) is 0 Å². The lowest BCUT2D eigenvalue weighted by molar-refractivity contribution is -0.121. The Morgan fingerprint density at radius 2 is 1.96 bits per heavy atom. The summed E-state index contributed by atoms with van der Waals surface area (Å²) in [7, 11) is 0. The van der Waals surface area contributed by atoms with E-state index in [2.05, 4.69) is 5.32 Å². The van der Waals surface area contributed by atoms with Crippen LogP contribution in [0.1, 0.15) is 32.1 Å². The predicted molar refractivity (Wildman–Crippen MR) is 94.1 cm³/mol. The number of carbonyl (C=O) groups is 1. The molecule has 0 bridgehead atoms. The molecule has 1 aliphatic rings. The molecular weight excluding hydrogens is 321 g/mol. The van der Waals surface area contributed by atoms with Gasteiger partial charge in [-0.15, -0.1) is 0 Å². The van der Waals surface area contributed by atoms with Gasteiger partial charge in [-0.25, -0.2) is 4.39 Å². The molecule has 1 amide bonds. The maximum atomic E-state index is 13.7. The Morgan fingerprint density at radius 1 is 1.16 bits per heavy atom. The van der Waals surface area contributed by atoms with Gasteiger partial charge in [0.2, 0.25) is 5.91 Å². The normalized spacial score (nSPS) is 15.2. The number of hydrogen-bond acceptors (Lipinski definition) is 2. The van der Waals surface area contributed by atoms with Gasteiger partial charge in [-0.3, -0.25) is 9.59 Å². The highest BCUT2D eigenvalue weighted by Gasteiger charge is 2.18. The molecule has 4 rings (SSSR count). The smallest absolute Gasteiger partial charge is 0.275 e. The maximum absolute atomic E-state index is 13.7. The fourth-order valence-corrected chi connectivity index (χ4v) is 3.73. The zero-order valence-corrected chi connectivity index (χ0v) is 13.9. The lowest BCUT2D eigenvalue weighted by atomic mass is 10.2. The summed E-state index contributed by atoms with van der Waals surface area (Å²) in [6.07, 6.45) is 6.34. The molecule has 0 saturated heterocycles. The van der Waals surface area contributed by atoms with E-state index in [1.165, 1.54) is 16.7 Å². The quantitative estimate of drug-likeness (QED) is 0.793. The lowest BCUT2D eigenvalue weighted by Crippen LogP contribution is -2.34. The number of carbonyl (C=O) groups excluding carboxylic acids is 1. The van der Waals surface area contributed by atoms with E-state index in [9.17, 15) is 14.0 Å². The number of aryl methyl sites for hydroxylation is 1.